The van der Waals surface area contributed by atoms with Crippen molar-refractivity contribution >= 4 is 11.8 Å². The molecular weight excluding hydrogens is 385 g/mol. The van der Waals surface area contributed by atoms with Crippen LogP contribution in [-0.4, -0.2) is 21.9 Å². The van der Waals surface area contributed by atoms with Gasteiger partial charge >= 0.3 is 0 Å². The summed E-state index contributed by atoms with van der Waals surface area (Å²) in [5.41, 5.74) is 4.12. The molecule has 0 N–H and O–H groups in total. The van der Waals surface area contributed by atoms with E-state index >= 15 is 0 Å². The van der Waals surface area contributed by atoms with Crippen molar-refractivity contribution in [2.75, 3.05) is 7.11 Å². The first-order chi connectivity index (χ1) is 14.1. The summed E-state index contributed by atoms with van der Waals surface area (Å²) in [5.74, 6) is 1.94. The Kier molecular flexibility index (Phi) is 5.62. The molecule has 4 rings (SSSR count). The number of ether oxygens (including phenoxy) is 1. The first kappa shape index (κ1) is 19.2. The molecule has 0 aliphatic rings. The third-order valence-corrected chi connectivity index (χ3v) is 5.53. The minimum Gasteiger partial charge on any atom is -0.497 e. The van der Waals surface area contributed by atoms with Gasteiger partial charge in [-0.1, -0.05) is 53.7 Å². The Bertz CT molecular complexity index is 1110. The van der Waals surface area contributed by atoms with E-state index in [2.05, 4.69) is 41.4 Å². The van der Waals surface area contributed by atoms with Gasteiger partial charge in [-0.3, -0.25) is 4.57 Å². The molecule has 0 spiro atoms. The second-order valence-electron chi connectivity index (χ2n) is 6.62. The van der Waals surface area contributed by atoms with Crippen molar-refractivity contribution < 1.29 is 9.13 Å². The highest BCUT2D eigenvalue weighted by Crippen LogP contribution is 2.31. The lowest BCUT2D eigenvalue weighted by Gasteiger charge is -2.11. The second-order valence-corrected chi connectivity index (χ2v) is 7.57. The average Bonchev–Trinajstić information content (AvgIpc) is 3.18. The molecule has 0 amide bonds. The van der Waals surface area contributed by atoms with Gasteiger partial charge in [-0.05, 0) is 48.9 Å². The van der Waals surface area contributed by atoms with Crippen molar-refractivity contribution in [2.45, 2.75) is 17.8 Å². The van der Waals surface area contributed by atoms with Crippen molar-refractivity contribution in [3.8, 4) is 22.8 Å². The summed E-state index contributed by atoms with van der Waals surface area (Å²) in [4.78, 5) is 0. The fourth-order valence-electron chi connectivity index (χ4n) is 2.97. The summed E-state index contributed by atoms with van der Waals surface area (Å²) >= 11 is 1.57. The van der Waals surface area contributed by atoms with Gasteiger partial charge in [-0.2, -0.15) is 0 Å². The number of halogens is 1. The van der Waals surface area contributed by atoms with E-state index in [4.69, 9.17) is 4.74 Å². The molecule has 0 radical (unpaired) electrons. The number of rotatable bonds is 6. The van der Waals surface area contributed by atoms with Crippen molar-refractivity contribution in [2.24, 2.45) is 0 Å². The smallest absolute Gasteiger partial charge is 0.196 e. The van der Waals surface area contributed by atoms with Crippen LogP contribution in [0.1, 0.15) is 11.1 Å². The zero-order valence-corrected chi connectivity index (χ0v) is 17.0. The average molecular weight is 405 g/mol. The third-order valence-electron chi connectivity index (χ3n) is 4.53. The van der Waals surface area contributed by atoms with Crippen molar-refractivity contribution in [1.82, 2.24) is 14.8 Å². The molecule has 1 aromatic heterocycles. The van der Waals surface area contributed by atoms with E-state index < -0.39 is 0 Å². The van der Waals surface area contributed by atoms with Crippen LogP contribution in [0.15, 0.2) is 78.0 Å². The van der Waals surface area contributed by atoms with Gasteiger partial charge < -0.3 is 4.74 Å². The van der Waals surface area contributed by atoms with E-state index in [0.29, 0.717) is 5.75 Å². The van der Waals surface area contributed by atoms with E-state index in [9.17, 15) is 4.39 Å². The van der Waals surface area contributed by atoms with E-state index in [1.807, 2.05) is 28.8 Å². The molecule has 0 aliphatic heterocycles. The van der Waals surface area contributed by atoms with E-state index in [1.165, 1.54) is 17.7 Å². The summed E-state index contributed by atoms with van der Waals surface area (Å²) in [6.07, 6.45) is 0. The molecule has 0 fully saturated rings. The summed E-state index contributed by atoms with van der Waals surface area (Å²) in [6.45, 7) is 2.06. The lowest BCUT2D eigenvalue weighted by Crippen LogP contribution is -2.00. The summed E-state index contributed by atoms with van der Waals surface area (Å²) < 4.78 is 20.6. The number of aromatic nitrogens is 3. The Hall–Kier alpha value is -3.12. The number of hydrogen-bond acceptors (Lipinski definition) is 4. The van der Waals surface area contributed by atoms with Gasteiger partial charge in [0.15, 0.2) is 11.0 Å². The van der Waals surface area contributed by atoms with Gasteiger partial charge in [-0.15, -0.1) is 10.2 Å². The third kappa shape index (κ3) is 4.32. The molecule has 0 aliphatic carbocycles. The van der Waals surface area contributed by atoms with Gasteiger partial charge in [0.2, 0.25) is 0 Å². The number of benzene rings is 3. The number of thioether (sulfide) groups is 1. The highest BCUT2D eigenvalue weighted by atomic mass is 32.2. The fourth-order valence-corrected chi connectivity index (χ4v) is 3.88. The molecule has 1 heterocycles. The fraction of sp³-hybridized carbons (Fsp3) is 0.130. The minimum absolute atomic E-state index is 0.234. The van der Waals surface area contributed by atoms with Gasteiger partial charge in [0.25, 0.3) is 0 Å². The topological polar surface area (TPSA) is 39.9 Å². The highest BCUT2D eigenvalue weighted by Gasteiger charge is 2.17. The van der Waals surface area contributed by atoms with E-state index in [0.717, 1.165) is 33.5 Å². The Morgan fingerprint density at radius 2 is 1.72 bits per heavy atom. The molecule has 0 saturated heterocycles. The SMILES string of the molecule is COc1cccc(-c2nnc(SCc3ccc(F)cc3)n2-c2ccc(C)cc2)c1. The van der Waals surface area contributed by atoms with E-state index in [-0.39, 0.29) is 5.82 Å². The van der Waals surface area contributed by atoms with Gasteiger partial charge in [-0.25, -0.2) is 4.39 Å². The van der Waals surface area contributed by atoms with Crippen LogP contribution in [0.5, 0.6) is 5.75 Å². The Morgan fingerprint density at radius 1 is 0.966 bits per heavy atom. The minimum atomic E-state index is -0.234. The number of nitrogens with zero attached hydrogens (tertiary/aromatic N) is 3. The Balaban J connectivity index is 1.73. The maximum absolute atomic E-state index is 13.2. The van der Waals surface area contributed by atoms with Crippen LogP contribution >= 0.6 is 11.8 Å². The molecule has 3 aromatic carbocycles. The predicted molar refractivity (Wildman–Crippen MR) is 114 cm³/mol. The summed E-state index contributed by atoms with van der Waals surface area (Å²) in [5, 5.41) is 9.68. The Morgan fingerprint density at radius 3 is 2.45 bits per heavy atom. The maximum Gasteiger partial charge on any atom is 0.196 e. The quantitative estimate of drug-likeness (QED) is 0.387. The largest absolute Gasteiger partial charge is 0.497 e. The maximum atomic E-state index is 13.2. The highest BCUT2D eigenvalue weighted by molar-refractivity contribution is 7.98. The number of methoxy groups -OCH3 is 1. The predicted octanol–water partition coefficient (Wildman–Crippen LogP) is 5.68. The van der Waals surface area contributed by atoms with Crippen LogP contribution in [0.3, 0.4) is 0 Å². The summed E-state index contributed by atoms with van der Waals surface area (Å²) in [6, 6.07) is 22.6. The van der Waals surface area contributed by atoms with Gasteiger partial charge in [0.1, 0.15) is 11.6 Å². The van der Waals surface area contributed by atoms with Gasteiger partial charge in [0, 0.05) is 17.0 Å². The molecule has 146 valence electrons. The molecule has 4 aromatic rings. The van der Waals surface area contributed by atoms with Crippen LogP contribution < -0.4 is 4.74 Å². The van der Waals surface area contributed by atoms with Crippen molar-refractivity contribution in [3.05, 3.63) is 89.7 Å². The van der Waals surface area contributed by atoms with Crippen LogP contribution in [0.25, 0.3) is 17.1 Å². The lowest BCUT2D eigenvalue weighted by molar-refractivity contribution is 0.415. The number of hydrogen-bond donors (Lipinski definition) is 0. The zero-order chi connectivity index (χ0) is 20.2. The molecule has 29 heavy (non-hydrogen) atoms. The monoisotopic (exact) mass is 405 g/mol. The van der Waals surface area contributed by atoms with Crippen LogP contribution in [0.4, 0.5) is 4.39 Å². The van der Waals surface area contributed by atoms with Crippen LogP contribution in [0.2, 0.25) is 0 Å². The zero-order valence-electron chi connectivity index (χ0n) is 16.2. The van der Waals surface area contributed by atoms with Crippen LogP contribution in [0, 0.1) is 12.7 Å². The second kappa shape index (κ2) is 8.49. The molecule has 4 nitrogen and oxygen atoms in total. The van der Waals surface area contributed by atoms with E-state index in [1.54, 1.807) is 31.0 Å². The van der Waals surface area contributed by atoms with Crippen molar-refractivity contribution in [3.63, 3.8) is 0 Å². The Labute approximate surface area is 173 Å². The normalized spacial score (nSPS) is 10.9. The summed E-state index contributed by atoms with van der Waals surface area (Å²) in [7, 11) is 1.65. The molecule has 0 unspecified atom stereocenters. The molecular formula is C23H20FN3OS. The first-order valence-electron chi connectivity index (χ1n) is 9.18. The van der Waals surface area contributed by atoms with Crippen LogP contribution in [-0.2, 0) is 5.75 Å². The lowest BCUT2D eigenvalue weighted by atomic mass is 10.2. The first-order valence-corrected chi connectivity index (χ1v) is 10.2. The van der Waals surface area contributed by atoms with Crippen molar-refractivity contribution in [1.29, 1.82) is 0 Å². The molecule has 0 saturated carbocycles. The molecule has 6 heteroatoms. The van der Waals surface area contributed by atoms with Gasteiger partial charge in [0.05, 0.1) is 7.11 Å². The molecule has 0 bridgehead atoms. The number of aryl methyl sites for hydroxylation is 1. The standard InChI is InChI=1S/C23H20FN3OS/c1-16-6-12-20(13-7-16)27-22(18-4-3-5-21(14-18)28-2)25-26-23(27)29-15-17-8-10-19(24)11-9-17/h3-14H,15H2,1-2H3. The molecule has 0 atom stereocenters.